The quantitative estimate of drug-likeness (QED) is 0.680. The van der Waals surface area contributed by atoms with Gasteiger partial charge in [-0.25, -0.2) is 4.79 Å². The SMILES string of the molecule is CN(C)C(=O)c1ccc2c(c1)C(OC(=O)N1CC3CC(=O)CC3C1)c1cc(C(=O)N(C)C)ccc1-2. The molecule has 2 aromatic carbocycles. The Morgan fingerprint density at radius 3 is 1.69 bits per heavy atom. The molecule has 0 aromatic heterocycles. The number of hydrogen-bond donors (Lipinski definition) is 0. The highest BCUT2D eigenvalue weighted by Crippen LogP contribution is 2.47. The number of likely N-dealkylation sites (tertiary alicyclic amines) is 1. The van der Waals surface area contributed by atoms with Gasteiger partial charge in [0.2, 0.25) is 0 Å². The summed E-state index contributed by atoms with van der Waals surface area (Å²) in [5, 5.41) is 0. The molecule has 0 spiro atoms. The van der Waals surface area contributed by atoms with Crippen molar-refractivity contribution in [2.24, 2.45) is 11.8 Å². The number of amides is 3. The van der Waals surface area contributed by atoms with E-state index in [2.05, 4.69) is 0 Å². The van der Waals surface area contributed by atoms with Crippen LogP contribution in [0, 0.1) is 11.8 Å². The topological polar surface area (TPSA) is 87.2 Å². The van der Waals surface area contributed by atoms with Gasteiger partial charge in [0.15, 0.2) is 6.10 Å². The molecule has 182 valence electrons. The maximum Gasteiger partial charge on any atom is 0.410 e. The first kappa shape index (κ1) is 23.1. The van der Waals surface area contributed by atoms with Crippen LogP contribution in [0.5, 0.6) is 0 Å². The van der Waals surface area contributed by atoms with Gasteiger partial charge in [-0.3, -0.25) is 14.4 Å². The zero-order chi connectivity index (χ0) is 25.0. The Labute approximate surface area is 204 Å². The summed E-state index contributed by atoms with van der Waals surface area (Å²) in [5.74, 6) is 0.380. The molecule has 0 bridgehead atoms. The molecular formula is C27H29N3O5. The van der Waals surface area contributed by atoms with Crippen molar-refractivity contribution in [2.75, 3.05) is 41.3 Å². The third-order valence-electron chi connectivity index (χ3n) is 7.30. The van der Waals surface area contributed by atoms with Crippen LogP contribution in [0.1, 0.15) is 50.8 Å². The van der Waals surface area contributed by atoms with Gasteiger partial charge in [-0.05, 0) is 47.2 Å². The Bertz CT molecular complexity index is 1170. The van der Waals surface area contributed by atoms with Crippen molar-refractivity contribution in [3.05, 3.63) is 58.7 Å². The molecule has 0 radical (unpaired) electrons. The average Bonchev–Trinajstić information content (AvgIpc) is 3.47. The summed E-state index contributed by atoms with van der Waals surface area (Å²) in [5.41, 5.74) is 4.21. The van der Waals surface area contributed by atoms with Crippen LogP contribution in [-0.2, 0) is 9.53 Å². The smallest absolute Gasteiger partial charge is 0.410 e. The summed E-state index contributed by atoms with van der Waals surface area (Å²) in [6.45, 7) is 1.03. The molecule has 2 unspecified atom stereocenters. The molecule has 1 saturated carbocycles. The number of carbonyl (C=O) groups excluding carboxylic acids is 4. The largest absolute Gasteiger partial charge is 0.436 e. The van der Waals surface area contributed by atoms with Gasteiger partial charge in [-0.2, -0.15) is 0 Å². The molecule has 3 aliphatic rings. The number of carbonyl (C=O) groups is 4. The number of nitrogens with zero attached hydrogens (tertiary/aromatic N) is 3. The Morgan fingerprint density at radius 1 is 0.800 bits per heavy atom. The van der Waals surface area contributed by atoms with Crippen LogP contribution < -0.4 is 0 Å². The van der Waals surface area contributed by atoms with Crippen molar-refractivity contribution in [1.82, 2.24) is 14.7 Å². The van der Waals surface area contributed by atoms with E-state index in [1.54, 1.807) is 57.4 Å². The van der Waals surface area contributed by atoms with E-state index in [-0.39, 0.29) is 29.4 Å². The van der Waals surface area contributed by atoms with Gasteiger partial charge in [-0.15, -0.1) is 0 Å². The summed E-state index contributed by atoms with van der Waals surface area (Å²) < 4.78 is 6.08. The first-order valence-electron chi connectivity index (χ1n) is 11.8. The number of ketones is 1. The molecule has 1 aliphatic heterocycles. The molecule has 5 rings (SSSR count). The third-order valence-corrected chi connectivity index (χ3v) is 7.30. The van der Waals surface area contributed by atoms with Crippen molar-refractivity contribution < 1.29 is 23.9 Å². The van der Waals surface area contributed by atoms with Crippen LogP contribution in [0.3, 0.4) is 0 Å². The summed E-state index contributed by atoms with van der Waals surface area (Å²) in [4.78, 5) is 55.0. The minimum absolute atomic E-state index is 0.144. The van der Waals surface area contributed by atoms with Crippen LogP contribution in [0.25, 0.3) is 11.1 Å². The number of Topliss-reactive ketones (excluding diaryl/α,β-unsaturated/α-hetero) is 1. The number of hydrogen-bond acceptors (Lipinski definition) is 5. The number of benzene rings is 2. The summed E-state index contributed by atoms with van der Waals surface area (Å²) in [7, 11) is 6.76. The van der Waals surface area contributed by atoms with Crippen LogP contribution in [-0.4, -0.2) is 79.7 Å². The van der Waals surface area contributed by atoms with Gasteiger partial charge in [0, 0.05) is 76.4 Å². The Morgan fingerprint density at radius 2 is 1.26 bits per heavy atom. The van der Waals surface area contributed by atoms with Gasteiger partial charge in [0.05, 0.1) is 0 Å². The first-order valence-corrected chi connectivity index (χ1v) is 11.8. The number of rotatable bonds is 3. The fourth-order valence-corrected chi connectivity index (χ4v) is 5.52. The molecule has 1 saturated heterocycles. The van der Waals surface area contributed by atoms with E-state index in [0.717, 1.165) is 22.3 Å². The van der Waals surface area contributed by atoms with Gasteiger partial charge in [0.25, 0.3) is 11.8 Å². The zero-order valence-electron chi connectivity index (χ0n) is 20.4. The fourth-order valence-electron chi connectivity index (χ4n) is 5.52. The van der Waals surface area contributed by atoms with Crippen LogP contribution in [0.2, 0.25) is 0 Å². The molecule has 8 nitrogen and oxygen atoms in total. The fraction of sp³-hybridized carbons (Fsp3) is 0.407. The molecule has 3 amide bonds. The zero-order valence-corrected chi connectivity index (χ0v) is 20.4. The lowest BCUT2D eigenvalue weighted by Crippen LogP contribution is -2.31. The van der Waals surface area contributed by atoms with Gasteiger partial charge in [0.1, 0.15) is 5.78 Å². The van der Waals surface area contributed by atoms with E-state index < -0.39 is 12.2 Å². The van der Waals surface area contributed by atoms with E-state index in [4.69, 9.17) is 4.74 Å². The highest BCUT2D eigenvalue weighted by Gasteiger charge is 2.43. The third kappa shape index (κ3) is 3.96. The highest BCUT2D eigenvalue weighted by molar-refractivity contribution is 5.97. The molecule has 2 aromatic rings. The highest BCUT2D eigenvalue weighted by atomic mass is 16.6. The van der Waals surface area contributed by atoms with Crippen molar-refractivity contribution in [3.8, 4) is 11.1 Å². The lowest BCUT2D eigenvalue weighted by atomic mass is 10.0. The van der Waals surface area contributed by atoms with Crippen LogP contribution in [0.4, 0.5) is 4.79 Å². The van der Waals surface area contributed by atoms with E-state index in [1.165, 1.54) is 9.80 Å². The molecular weight excluding hydrogens is 446 g/mol. The van der Waals surface area contributed by atoms with Gasteiger partial charge < -0.3 is 19.4 Å². The average molecular weight is 476 g/mol. The van der Waals surface area contributed by atoms with E-state index >= 15 is 0 Å². The van der Waals surface area contributed by atoms with Crippen molar-refractivity contribution in [2.45, 2.75) is 18.9 Å². The molecule has 1 heterocycles. The molecule has 2 atom stereocenters. The van der Waals surface area contributed by atoms with Crippen molar-refractivity contribution in [1.29, 1.82) is 0 Å². The molecule has 0 N–H and O–H groups in total. The maximum atomic E-state index is 13.3. The predicted octanol–water partition coefficient (Wildman–Crippen LogP) is 3.21. The second kappa shape index (κ2) is 8.52. The monoisotopic (exact) mass is 475 g/mol. The Kier molecular flexibility index (Phi) is 5.62. The lowest BCUT2D eigenvalue weighted by molar-refractivity contribution is -0.118. The van der Waals surface area contributed by atoms with Gasteiger partial charge >= 0.3 is 6.09 Å². The number of ether oxygens (including phenoxy) is 1. The van der Waals surface area contributed by atoms with E-state index in [1.807, 2.05) is 12.1 Å². The second-order valence-corrected chi connectivity index (χ2v) is 10.1. The lowest BCUT2D eigenvalue weighted by Gasteiger charge is -2.22. The van der Waals surface area contributed by atoms with E-state index in [0.29, 0.717) is 37.1 Å². The summed E-state index contributed by atoms with van der Waals surface area (Å²) in [6.07, 6.45) is -0.130. The van der Waals surface area contributed by atoms with Gasteiger partial charge in [-0.1, -0.05) is 12.1 Å². The van der Waals surface area contributed by atoms with Crippen LogP contribution >= 0.6 is 0 Å². The number of fused-ring (bicyclic) bond motifs is 4. The molecule has 35 heavy (non-hydrogen) atoms. The summed E-state index contributed by atoms with van der Waals surface area (Å²) >= 11 is 0. The molecule has 2 aliphatic carbocycles. The van der Waals surface area contributed by atoms with Crippen molar-refractivity contribution in [3.63, 3.8) is 0 Å². The first-order chi connectivity index (χ1) is 16.6. The summed E-state index contributed by atoms with van der Waals surface area (Å²) in [6, 6.07) is 10.8. The second-order valence-electron chi connectivity index (χ2n) is 10.1. The van der Waals surface area contributed by atoms with Crippen LogP contribution in [0.15, 0.2) is 36.4 Å². The standard InChI is InChI=1S/C27H29N3O5/c1-28(2)25(32)15-5-7-20-21-8-6-16(26(33)29(3)4)12-23(21)24(22(20)11-15)35-27(34)30-13-17-9-19(31)10-18(17)14-30/h5-8,11-12,17-18,24H,9-10,13-14H2,1-4H3. The minimum atomic E-state index is -0.737. The Hall–Kier alpha value is -3.68. The minimum Gasteiger partial charge on any atom is -0.436 e. The Balaban J connectivity index is 1.50. The molecule has 2 fully saturated rings. The van der Waals surface area contributed by atoms with E-state index in [9.17, 15) is 19.2 Å². The van der Waals surface area contributed by atoms with Crippen molar-refractivity contribution >= 4 is 23.7 Å². The normalized spacial score (nSPS) is 20.3. The maximum absolute atomic E-state index is 13.3. The predicted molar refractivity (Wildman–Crippen MR) is 129 cm³/mol. The molecule has 8 heteroatoms.